The second kappa shape index (κ2) is 23.6. The maximum atomic E-state index is 15.4. The van der Waals surface area contributed by atoms with Crippen LogP contribution in [0, 0.1) is 28.2 Å². The number of methoxy groups -OCH3 is 1. The van der Waals surface area contributed by atoms with Gasteiger partial charge in [-0.25, -0.2) is 18.4 Å². The first kappa shape index (κ1) is 57.9. The van der Waals surface area contributed by atoms with Crippen LogP contribution >= 0.6 is 22.6 Å². The zero-order chi connectivity index (χ0) is 58.6. The van der Waals surface area contributed by atoms with Crippen molar-refractivity contribution in [3.8, 4) is 45.4 Å². The molecule has 3 saturated heterocycles. The average Bonchev–Trinajstić information content (AvgIpc) is 3.98. The number of likely N-dealkylation sites (tertiary alicyclic amines) is 1. The third-order valence-electron chi connectivity index (χ3n) is 16.1. The van der Waals surface area contributed by atoms with Crippen molar-refractivity contribution in [3.63, 3.8) is 0 Å². The van der Waals surface area contributed by atoms with Gasteiger partial charge in [0.1, 0.15) is 57.7 Å². The molecular weight excluding hydrogens is 1190 g/mol. The van der Waals surface area contributed by atoms with Crippen LogP contribution in [-0.2, 0) is 27.1 Å². The Labute approximate surface area is 489 Å². The number of aliphatic hydroxyl groups excluding tert-OH is 2. The molecule has 6 heterocycles. The van der Waals surface area contributed by atoms with Gasteiger partial charge < -0.3 is 44.9 Å². The minimum absolute atomic E-state index is 0.0255. The van der Waals surface area contributed by atoms with Crippen LogP contribution in [0.25, 0.3) is 44.5 Å². The van der Waals surface area contributed by atoms with Gasteiger partial charge in [-0.15, -0.1) is 5.10 Å². The summed E-state index contributed by atoms with van der Waals surface area (Å²) in [6.45, 7) is 7.70. The normalized spacial score (nSPS) is 19.9. The number of nitrogens with one attached hydrogen (secondary N) is 2. The van der Waals surface area contributed by atoms with E-state index in [2.05, 4.69) is 30.8 Å². The molecule has 3 aliphatic heterocycles. The van der Waals surface area contributed by atoms with Crippen molar-refractivity contribution in [1.82, 2.24) is 45.5 Å². The number of hydrogen-bond acceptors (Lipinski definition) is 14. The zero-order valence-electron chi connectivity index (χ0n) is 46.1. The number of halogens is 6. The van der Waals surface area contributed by atoms with Crippen molar-refractivity contribution >= 4 is 51.1 Å². The number of pyridine rings is 1. The molecule has 2 amide bonds. The molecule has 1 aliphatic carbocycles. The molecule has 0 radical (unpaired) electrons. The smallest absolute Gasteiger partial charge is 0.418 e. The number of nitrogens with zero attached hydrogens (tertiary/aromatic N) is 8. The molecule has 4 fully saturated rings. The van der Waals surface area contributed by atoms with Gasteiger partial charge in [0, 0.05) is 61.8 Å². The second-order valence-electron chi connectivity index (χ2n) is 22.3. The van der Waals surface area contributed by atoms with Crippen LogP contribution in [0.5, 0.6) is 11.8 Å². The molecule has 0 spiro atoms. The van der Waals surface area contributed by atoms with E-state index in [1.165, 1.54) is 40.8 Å². The van der Waals surface area contributed by atoms with Gasteiger partial charge in [0.15, 0.2) is 5.75 Å². The first-order chi connectivity index (χ1) is 39.8. The monoisotopic (exact) mass is 1260 g/mol. The van der Waals surface area contributed by atoms with Gasteiger partial charge in [-0.3, -0.25) is 9.59 Å². The number of β-amino-alcohol motifs (C(OH)–C–C–N with tert-alkyl or cyclic N) is 1. The van der Waals surface area contributed by atoms with E-state index in [4.69, 9.17) is 24.2 Å². The van der Waals surface area contributed by atoms with Crippen molar-refractivity contribution in [2.45, 2.75) is 114 Å². The lowest BCUT2D eigenvalue weighted by atomic mass is 9.92. The lowest BCUT2D eigenvalue weighted by Crippen LogP contribution is -2.50. The van der Waals surface area contributed by atoms with E-state index in [1.54, 1.807) is 37.6 Å². The van der Waals surface area contributed by atoms with Gasteiger partial charge in [-0.2, -0.15) is 23.1 Å². The Kier molecular flexibility index (Phi) is 16.5. The summed E-state index contributed by atoms with van der Waals surface area (Å²) in [6, 6.07) is 17.6. The number of piperazine rings is 1. The summed E-state index contributed by atoms with van der Waals surface area (Å²) in [5, 5.41) is 37.0. The summed E-state index contributed by atoms with van der Waals surface area (Å²) in [7, 11) is 1.57. The molecule has 7 aromatic rings. The van der Waals surface area contributed by atoms with E-state index < -0.39 is 66.0 Å². The van der Waals surface area contributed by atoms with Gasteiger partial charge in [0.05, 0.1) is 47.9 Å². The van der Waals surface area contributed by atoms with Gasteiger partial charge >= 0.3 is 12.2 Å². The minimum atomic E-state index is -4.76. The van der Waals surface area contributed by atoms with Crippen LogP contribution in [0.15, 0.2) is 85.1 Å². The average molecular weight is 1260 g/mol. The Balaban J connectivity index is 0.870. The van der Waals surface area contributed by atoms with Crippen LogP contribution in [0.3, 0.4) is 0 Å². The van der Waals surface area contributed by atoms with Gasteiger partial charge in [0.25, 0.3) is 0 Å². The van der Waals surface area contributed by atoms with E-state index in [-0.39, 0.29) is 101 Å². The van der Waals surface area contributed by atoms with Crippen molar-refractivity contribution in [3.05, 3.63) is 128 Å². The van der Waals surface area contributed by atoms with Crippen molar-refractivity contribution < 1.29 is 56.0 Å². The SMILES string of the molecule is CO[C@@H](C)COc1nc(N2C[C@@H]3C[C@H]2CN3)c2cc(C3CC3)c(-c3nc(I)cc(C)c3C(F)(F)F)c(OCc3ccc(-c4cn([C@H](C(=O)N5C[C@H](O)C[C@H]5C(=O)N[C@@H](CO)c5ccc(-c6c(F)cccc6F)cc5)C(C)C)nn4)cc3)c2n1. The third-order valence-corrected chi connectivity index (χ3v) is 16.6. The van der Waals surface area contributed by atoms with E-state index in [1.807, 2.05) is 61.6 Å². The fraction of sp³-hybridized carbons (Fsp3) is 0.417. The summed E-state index contributed by atoms with van der Waals surface area (Å²) in [5.41, 5.74) is 2.30. The van der Waals surface area contributed by atoms with Crippen LogP contribution < -0.4 is 25.0 Å². The number of carbonyl (C=O) groups is 2. The van der Waals surface area contributed by atoms with E-state index in [0.29, 0.717) is 49.4 Å². The van der Waals surface area contributed by atoms with Gasteiger partial charge in [-0.05, 0) is 120 Å². The molecule has 4 aliphatic rings. The molecule has 3 aromatic heterocycles. The Morgan fingerprint density at radius 3 is 2.28 bits per heavy atom. The topological polar surface area (TPSA) is 202 Å². The molecular formula is C60H62F5IN10O7. The van der Waals surface area contributed by atoms with Crippen LogP contribution in [0.1, 0.15) is 92.3 Å². The summed E-state index contributed by atoms with van der Waals surface area (Å²) in [4.78, 5) is 46.7. The lowest BCUT2D eigenvalue weighted by Gasteiger charge is -2.30. The molecule has 1 saturated carbocycles. The number of fused-ring (bicyclic) bond motifs is 3. The first-order valence-electron chi connectivity index (χ1n) is 27.6. The quantitative estimate of drug-likeness (QED) is 0.0339. The molecule has 0 unspecified atom stereocenters. The van der Waals surface area contributed by atoms with Crippen LogP contribution in [0.4, 0.5) is 27.8 Å². The Bertz CT molecular complexity index is 3550. The number of aliphatic hydroxyl groups is 2. The largest absolute Gasteiger partial charge is 0.486 e. The first-order valence-corrected chi connectivity index (χ1v) is 28.7. The van der Waals surface area contributed by atoms with E-state index in [0.717, 1.165) is 37.9 Å². The number of anilines is 1. The fourth-order valence-corrected chi connectivity index (χ4v) is 12.4. The Morgan fingerprint density at radius 1 is 0.916 bits per heavy atom. The molecule has 83 heavy (non-hydrogen) atoms. The number of benzene rings is 4. The van der Waals surface area contributed by atoms with E-state index >= 15 is 13.2 Å². The maximum Gasteiger partial charge on any atom is 0.418 e. The maximum absolute atomic E-state index is 15.4. The number of aromatic nitrogens is 6. The zero-order valence-corrected chi connectivity index (χ0v) is 48.3. The molecule has 11 rings (SSSR count). The van der Waals surface area contributed by atoms with E-state index in [9.17, 15) is 28.6 Å². The van der Waals surface area contributed by atoms with Crippen LogP contribution in [0.2, 0.25) is 0 Å². The molecule has 4 aromatic carbocycles. The summed E-state index contributed by atoms with van der Waals surface area (Å²) < 4.78 is 95.5. The highest BCUT2D eigenvalue weighted by atomic mass is 127. The Morgan fingerprint density at radius 2 is 1.64 bits per heavy atom. The predicted molar refractivity (Wildman–Crippen MR) is 306 cm³/mol. The number of aryl methyl sites for hydroxylation is 1. The predicted octanol–water partition coefficient (Wildman–Crippen LogP) is 9.26. The summed E-state index contributed by atoms with van der Waals surface area (Å²) in [5.74, 6) is -2.28. The number of rotatable bonds is 19. The number of hydrogen-bond donors (Lipinski definition) is 4. The summed E-state index contributed by atoms with van der Waals surface area (Å²) in [6.07, 6.45) is -2.11. The second-order valence-corrected chi connectivity index (χ2v) is 23.4. The molecule has 17 nitrogen and oxygen atoms in total. The highest BCUT2D eigenvalue weighted by molar-refractivity contribution is 14.1. The highest BCUT2D eigenvalue weighted by Gasteiger charge is 2.45. The van der Waals surface area contributed by atoms with Crippen LogP contribution in [-0.4, -0.2) is 127 Å². The third kappa shape index (κ3) is 11.8. The summed E-state index contributed by atoms with van der Waals surface area (Å²) >= 11 is 1.95. The lowest BCUT2D eigenvalue weighted by molar-refractivity contribution is -0.142. The number of ether oxygens (including phenoxy) is 3. The van der Waals surface area contributed by atoms with Crippen molar-refractivity contribution in [2.75, 3.05) is 44.9 Å². The van der Waals surface area contributed by atoms with Crippen molar-refractivity contribution in [1.29, 1.82) is 0 Å². The standard InChI is InChI=1S/C60H62F5IN10O7/c1-30(2)54(58(80)75-25-40(78)21-47(75)57(79)68-46(27-77)36-15-17-37(18-16-36)49-43(61)7-6-8-44(49)62)76-26-45(72-73-76)35-11-9-33(10-12-35)29-82-55-50(53-51(60(63,64)65)31(3)19-48(66)69-53)41(34-13-14-34)22-42-52(55)70-59(83-28-32(4)81-5)71-56(42)74-24-38-20-39(74)23-67-38/h6-12,15-19,22,26,30,32,34,38-40,46-47,54,67,77-78H,13-14,20-21,23-25,27-29H2,1-5H3,(H,68,79)/t32-,38-,39-,40+,46-,47-,54-/m0/s1. The Hall–Kier alpha value is -6.93. The molecule has 23 heteroatoms. The number of alkyl halides is 3. The minimum Gasteiger partial charge on any atom is -0.486 e. The molecule has 7 atom stereocenters. The fourth-order valence-electron chi connectivity index (χ4n) is 11.7. The van der Waals surface area contributed by atoms with Gasteiger partial charge in [-0.1, -0.05) is 73.7 Å². The number of amides is 2. The van der Waals surface area contributed by atoms with Crippen molar-refractivity contribution in [2.24, 2.45) is 5.92 Å². The number of carbonyl (C=O) groups excluding carboxylic acids is 2. The molecule has 2 bridgehead atoms. The molecule has 4 N–H and O–H groups in total. The molecule has 436 valence electrons. The highest BCUT2D eigenvalue weighted by Crippen LogP contribution is 2.54. The van der Waals surface area contributed by atoms with Gasteiger partial charge in [0.2, 0.25) is 11.8 Å².